The monoisotopic (exact) mass is 258 g/mol. The van der Waals surface area contributed by atoms with Crippen LogP contribution in [0.2, 0.25) is 5.02 Å². The lowest BCUT2D eigenvalue weighted by atomic mass is 10.2. The molecular weight excluding hydrogens is 248 g/mol. The molecule has 3 rings (SSSR count). The summed E-state index contributed by atoms with van der Waals surface area (Å²) in [7, 11) is 0. The summed E-state index contributed by atoms with van der Waals surface area (Å²) in [5, 5.41) is 5.03. The maximum Gasteiger partial charge on any atom is 0.134 e. The summed E-state index contributed by atoms with van der Waals surface area (Å²) in [6, 6.07) is 9.72. The third-order valence-electron chi connectivity index (χ3n) is 2.80. The molecule has 0 unspecified atom stereocenters. The molecule has 1 N–H and O–H groups in total. The number of hydrogen-bond donors (Lipinski definition) is 1. The summed E-state index contributed by atoms with van der Waals surface area (Å²) >= 11 is 6.06. The van der Waals surface area contributed by atoms with Crippen molar-refractivity contribution in [2.75, 3.05) is 5.32 Å². The molecule has 0 saturated heterocycles. The molecule has 0 bridgehead atoms. The van der Waals surface area contributed by atoms with Crippen molar-refractivity contribution in [1.29, 1.82) is 0 Å². The van der Waals surface area contributed by atoms with Crippen LogP contribution in [-0.4, -0.2) is 4.98 Å². The first-order valence-electron chi connectivity index (χ1n) is 5.63. The van der Waals surface area contributed by atoms with Crippen LogP contribution in [0.25, 0.3) is 11.0 Å². The Hall–Kier alpha value is -2.00. The van der Waals surface area contributed by atoms with Crippen molar-refractivity contribution < 1.29 is 4.42 Å². The van der Waals surface area contributed by atoms with E-state index in [1.807, 2.05) is 24.3 Å². The Balaban J connectivity index is 1.83. The number of anilines is 1. The standard InChI is InChI=1S/C14H11ClN2O/c15-12-5-6-16-8-13(12)17-7-10-9-18-14-4-2-1-3-11(10)14/h1-6,8-9,17H,7H2. The van der Waals surface area contributed by atoms with Gasteiger partial charge in [-0.1, -0.05) is 29.8 Å². The van der Waals surface area contributed by atoms with E-state index >= 15 is 0 Å². The molecular formula is C14H11ClN2O. The molecule has 0 fully saturated rings. The predicted molar refractivity (Wildman–Crippen MR) is 72.8 cm³/mol. The molecule has 0 aliphatic carbocycles. The molecule has 90 valence electrons. The highest BCUT2D eigenvalue weighted by molar-refractivity contribution is 6.33. The molecule has 3 aromatic rings. The smallest absolute Gasteiger partial charge is 0.134 e. The van der Waals surface area contributed by atoms with E-state index in [4.69, 9.17) is 16.0 Å². The fourth-order valence-corrected chi connectivity index (χ4v) is 2.04. The van der Waals surface area contributed by atoms with Crippen molar-refractivity contribution in [1.82, 2.24) is 4.98 Å². The lowest BCUT2D eigenvalue weighted by Crippen LogP contribution is -1.99. The zero-order chi connectivity index (χ0) is 12.4. The van der Waals surface area contributed by atoms with Gasteiger partial charge in [-0.15, -0.1) is 0 Å². The number of nitrogens with one attached hydrogen (secondary N) is 1. The Labute approximate surface area is 109 Å². The fourth-order valence-electron chi connectivity index (χ4n) is 1.87. The average Bonchev–Trinajstić information content (AvgIpc) is 2.81. The number of fused-ring (bicyclic) bond motifs is 1. The van der Waals surface area contributed by atoms with E-state index in [0.717, 1.165) is 22.2 Å². The van der Waals surface area contributed by atoms with Crippen molar-refractivity contribution in [2.45, 2.75) is 6.54 Å². The van der Waals surface area contributed by atoms with E-state index in [2.05, 4.69) is 10.3 Å². The molecule has 2 aromatic heterocycles. The van der Waals surface area contributed by atoms with Gasteiger partial charge < -0.3 is 9.73 Å². The van der Waals surface area contributed by atoms with E-state index in [9.17, 15) is 0 Å². The summed E-state index contributed by atoms with van der Waals surface area (Å²) in [5.41, 5.74) is 2.82. The Bertz CT molecular complexity index is 678. The molecule has 1 aromatic carbocycles. The van der Waals surface area contributed by atoms with Gasteiger partial charge in [-0.05, 0) is 12.1 Å². The van der Waals surface area contributed by atoms with Gasteiger partial charge in [-0.2, -0.15) is 0 Å². The van der Waals surface area contributed by atoms with Crippen LogP contribution in [-0.2, 0) is 6.54 Å². The zero-order valence-electron chi connectivity index (χ0n) is 9.56. The van der Waals surface area contributed by atoms with Crippen LogP contribution >= 0.6 is 11.6 Å². The van der Waals surface area contributed by atoms with E-state index in [-0.39, 0.29) is 0 Å². The molecule has 0 spiro atoms. The highest BCUT2D eigenvalue weighted by Crippen LogP contribution is 2.24. The Morgan fingerprint density at radius 2 is 2.11 bits per heavy atom. The van der Waals surface area contributed by atoms with Crippen LogP contribution in [0.4, 0.5) is 5.69 Å². The number of halogens is 1. The second-order valence-electron chi connectivity index (χ2n) is 3.97. The first-order chi connectivity index (χ1) is 8.84. The Morgan fingerprint density at radius 3 is 3.00 bits per heavy atom. The molecule has 0 saturated carbocycles. The van der Waals surface area contributed by atoms with Gasteiger partial charge in [0, 0.05) is 23.7 Å². The lowest BCUT2D eigenvalue weighted by Gasteiger charge is -2.06. The minimum atomic E-state index is 0.655. The number of para-hydroxylation sites is 1. The van der Waals surface area contributed by atoms with Crippen molar-refractivity contribution in [3.8, 4) is 0 Å². The molecule has 4 heteroatoms. The van der Waals surface area contributed by atoms with Gasteiger partial charge in [0.25, 0.3) is 0 Å². The van der Waals surface area contributed by atoms with Gasteiger partial charge in [0.15, 0.2) is 0 Å². The Kier molecular flexibility index (Phi) is 2.90. The summed E-state index contributed by atoms with van der Waals surface area (Å²) < 4.78 is 5.48. The average molecular weight is 259 g/mol. The molecule has 3 nitrogen and oxygen atoms in total. The number of pyridine rings is 1. The third-order valence-corrected chi connectivity index (χ3v) is 3.13. The topological polar surface area (TPSA) is 38.1 Å². The molecule has 0 radical (unpaired) electrons. The number of furan rings is 1. The van der Waals surface area contributed by atoms with Crippen molar-refractivity contribution in [3.05, 3.63) is 59.6 Å². The van der Waals surface area contributed by atoms with Crippen molar-refractivity contribution in [3.63, 3.8) is 0 Å². The van der Waals surface area contributed by atoms with Gasteiger partial charge in [-0.3, -0.25) is 4.98 Å². The molecule has 2 heterocycles. The molecule has 0 aliphatic rings. The predicted octanol–water partition coefficient (Wildman–Crippen LogP) is 4.09. The normalized spacial score (nSPS) is 10.7. The number of hydrogen-bond acceptors (Lipinski definition) is 3. The van der Waals surface area contributed by atoms with Crippen LogP contribution in [0.1, 0.15) is 5.56 Å². The van der Waals surface area contributed by atoms with Crippen molar-refractivity contribution >= 4 is 28.3 Å². The highest BCUT2D eigenvalue weighted by atomic mass is 35.5. The summed E-state index contributed by atoms with van der Waals surface area (Å²) in [6.45, 7) is 0.655. The molecule has 0 amide bonds. The Morgan fingerprint density at radius 1 is 1.22 bits per heavy atom. The largest absolute Gasteiger partial charge is 0.464 e. The van der Waals surface area contributed by atoms with Crippen LogP contribution < -0.4 is 5.32 Å². The number of benzene rings is 1. The van der Waals surface area contributed by atoms with E-state index in [0.29, 0.717) is 11.6 Å². The lowest BCUT2D eigenvalue weighted by molar-refractivity contribution is 0.611. The summed E-state index contributed by atoms with van der Waals surface area (Å²) in [5.74, 6) is 0. The second kappa shape index (κ2) is 4.70. The van der Waals surface area contributed by atoms with E-state index in [1.165, 1.54) is 0 Å². The van der Waals surface area contributed by atoms with Crippen LogP contribution in [0, 0.1) is 0 Å². The van der Waals surface area contributed by atoms with Crippen molar-refractivity contribution in [2.24, 2.45) is 0 Å². The summed E-state index contributed by atoms with van der Waals surface area (Å²) in [4.78, 5) is 4.04. The van der Waals surface area contributed by atoms with E-state index < -0.39 is 0 Å². The number of aromatic nitrogens is 1. The van der Waals surface area contributed by atoms with Crippen LogP contribution in [0.5, 0.6) is 0 Å². The molecule has 18 heavy (non-hydrogen) atoms. The van der Waals surface area contributed by atoms with Crippen LogP contribution in [0.15, 0.2) is 53.4 Å². The first kappa shape index (κ1) is 11.1. The van der Waals surface area contributed by atoms with Gasteiger partial charge in [0.05, 0.1) is 23.2 Å². The van der Waals surface area contributed by atoms with E-state index in [1.54, 1.807) is 24.7 Å². The van der Waals surface area contributed by atoms with Gasteiger partial charge in [0.1, 0.15) is 5.58 Å². The maximum absolute atomic E-state index is 6.06. The quantitative estimate of drug-likeness (QED) is 0.769. The molecule has 0 atom stereocenters. The highest BCUT2D eigenvalue weighted by Gasteiger charge is 2.05. The second-order valence-corrected chi connectivity index (χ2v) is 4.37. The maximum atomic E-state index is 6.06. The van der Waals surface area contributed by atoms with Gasteiger partial charge >= 0.3 is 0 Å². The SMILES string of the molecule is Clc1ccncc1NCc1coc2ccccc12. The summed E-state index contributed by atoms with van der Waals surface area (Å²) in [6.07, 6.45) is 5.15. The van der Waals surface area contributed by atoms with Crippen LogP contribution in [0.3, 0.4) is 0 Å². The molecule has 0 aliphatic heterocycles. The van der Waals surface area contributed by atoms with Gasteiger partial charge in [0.2, 0.25) is 0 Å². The number of nitrogens with zero attached hydrogens (tertiary/aromatic N) is 1. The third kappa shape index (κ3) is 2.05. The van der Waals surface area contributed by atoms with Gasteiger partial charge in [-0.25, -0.2) is 0 Å². The fraction of sp³-hybridized carbons (Fsp3) is 0.0714. The first-order valence-corrected chi connectivity index (χ1v) is 6.01. The minimum absolute atomic E-state index is 0.655. The minimum Gasteiger partial charge on any atom is -0.464 e. The number of rotatable bonds is 3. The zero-order valence-corrected chi connectivity index (χ0v) is 10.3.